The van der Waals surface area contributed by atoms with E-state index >= 15 is 8.78 Å². The lowest BCUT2D eigenvalue weighted by molar-refractivity contribution is -0.121. The first-order valence-corrected chi connectivity index (χ1v) is 17.1. The fraction of sp³-hybridized carbons (Fsp3) is 0.282. The number of allylic oxidation sites excluding steroid dienone is 1. The van der Waals surface area contributed by atoms with E-state index in [2.05, 4.69) is 20.1 Å². The highest BCUT2D eigenvalue weighted by atomic mass is 19.3. The zero-order valence-corrected chi connectivity index (χ0v) is 28.1. The number of carbonyl (C=O) groups is 1. The van der Waals surface area contributed by atoms with Gasteiger partial charge in [0.25, 0.3) is 18.3 Å². The van der Waals surface area contributed by atoms with Crippen molar-refractivity contribution in [3.63, 3.8) is 0 Å². The number of aromatic nitrogens is 5. The number of aliphatic imine (C=N–C) groups is 1. The second-order valence-electron chi connectivity index (χ2n) is 13.6. The summed E-state index contributed by atoms with van der Waals surface area (Å²) in [6.45, 7) is -1.05. The van der Waals surface area contributed by atoms with Gasteiger partial charge in [-0.3, -0.25) is 19.4 Å². The lowest BCUT2D eigenvalue weighted by Crippen LogP contribution is -2.33. The van der Waals surface area contributed by atoms with Crippen molar-refractivity contribution in [2.45, 2.75) is 69.3 Å². The predicted molar refractivity (Wildman–Crippen MR) is 182 cm³/mol. The lowest BCUT2D eigenvalue weighted by Gasteiger charge is -2.29. The minimum atomic E-state index is -4.02. The van der Waals surface area contributed by atoms with Crippen molar-refractivity contribution in [3.05, 3.63) is 118 Å². The average Bonchev–Trinajstić information content (AvgIpc) is 3.88. The Balaban J connectivity index is 1.22. The van der Waals surface area contributed by atoms with Gasteiger partial charge in [-0.25, -0.2) is 36.3 Å². The summed E-state index contributed by atoms with van der Waals surface area (Å²) in [5.74, 6) is -11.0. The zero-order chi connectivity index (χ0) is 37.9. The predicted octanol–water partition coefficient (Wildman–Crippen LogP) is 9.41. The van der Waals surface area contributed by atoms with Crippen LogP contribution in [0.25, 0.3) is 28.3 Å². The van der Waals surface area contributed by atoms with E-state index in [1.54, 1.807) is 24.8 Å². The van der Waals surface area contributed by atoms with Crippen molar-refractivity contribution in [1.29, 1.82) is 0 Å². The largest absolute Gasteiger partial charge is 0.298 e. The fourth-order valence-electron chi connectivity index (χ4n) is 7.44. The van der Waals surface area contributed by atoms with Gasteiger partial charge in [0.05, 0.1) is 17.0 Å². The van der Waals surface area contributed by atoms with Gasteiger partial charge in [0.1, 0.15) is 29.6 Å². The van der Waals surface area contributed by atoms with Gasteiger partial charge in [-0.05, 0) is 47.9 Å². The Hall–Kier alpha value is -5.60. The summed E-state index contributed by atoms with van der Waals surface area (Å²) in [5.41, 5.74) is 0.929. The molecule has 0 unspecified atom stereocenters. The first-order valence-electron chi connectivity index (χ1n) is 17.1. The number of fused-ring (bicyclic) bond motifs is 3. The number of ketones is 1. The first-order chi connectivity index (χ1) is 25.8. The van der Waals surface area contributed by atoms with Crippen molar-refractivity contribution in [1.82, 2.24) is 24.7 Å². The summed E-state index contributed by atoms with van der Waals surface area (Å²) in [6.07, 6.45) is 4.62. The lowest BCUT2D eigenvalue weighted by atomic mass is 9.86. The number of alkyl halides is 6. The number of hydrogen-bond donors (Lipinski definition) is 0. The van der Waals surface area contributed by atoms with Gasteiger partial charge in [-0.15, -0.1) is 0 Å². The molecule has 0 saturated heterocycles. The van der Waals surface area contributed by atoms with E-state index in [-0.39, 0.29) is 22.4 Å². The van der Waals surface area contributed by atoms with Gasteiger partial charge in [0.15, 0.2) is 11.6 Å². The van der Waals surface area contributed by atoms with Crippen molar-refractivity contribution >= 4 is 23.9 Å². The van der Waals surface area contributed by atoms with E-state index in [1.807, 2.05) is 30.4 Å². The number of pyridine rings is 3. The van der Waals surface area contributed by atoms with Crippen LogP contribution in [0, 0.1) is 11.6 Å². The Kier molecular flexibility index (Phi) is 8.77. The molecule has 0 radical (unpaired) electrons. The van der Waals surface area contributed by atoms with Crippen LogP contribution in [0.1, 0.15) is 76.6 Å². The van der Waals surface area contributed by atoms with E-state index in [0.717, 1.165) is 29.0 Å². The van der Waals surface area contributed by atoms with Crippen LogP contribution in [-0.4, -0.2) is 36.7 Å². The Bertz CT molecular complexity index is 2370. The topological polar surface area (TPSA) is 85.9 Å². The van der Waals surface area contributed by atoms with Gasteiger partial charge in [0.2, 0.25) is 0 Å². The van der Waals surface area contributed by atoms with Crippen LogP contribution in [0.3, 0.4) is 0 Å². The average molecular weight is 749 g/mol. The van der Waals surface area contributed by atoms with Crippen molar-refractivity contribution < 1.29 is 39.9 Å². The number of Topliss-reactive ketones (excluding diaryl/α,β-unsaturated/α-hetero) is 1. The second-order valence-corrected chi connectivity index (χ2v) is 13.6. The van der Waals surface area contributed by atoms with E-state index < -0.39 is 84.4 Å². The molecule has 0 N–H and O–H groups in total. The summed E-state index contributed by atoms with van der Waals surface area (Å²) in [4.78, 5) is 31.9. The maximum absolute atomic E-state index is 15.2. The Morgan fingerprint density at radius 2 is 1.54 bits per heavy atom. The van der Waals surface area contributed by atoms with E-state index in [1.165, 1.54) is 0 Å². The highest BCUT2D eigenvalue weighted by Gasteiger charge is 2.55. The molecular weight excluding hydrogens is 720 g/mol. The molecule has 1 aliphatic heterocycles. The van der Waals surface area contributed by atoms with E-state index in [9.17, 15) is 31.1 Å². The fourth-order valence-corrected chi connectivity index (χ4v) is 7.44. The normalized spacial score (nSPS) is 16.8. The Morgan fingerprint density at radius 1 is 0.815 bits per heavy atom. The summed E-state index contributed by atoms with van der Waals surface area (Å²) in [6, 6.07) is 8.46. The molecule has 0 bridgehead atoms. The molecule has 1 aromatic carbocycles. The maximum atomic E-state index is 15.2. The van der Waals surface area contributed by atoms with Crippen LogP contribution in [0.5, 0.6) is 0 Å². The molecule has 54 heavy (non-hydrogen) atoms. The molecule has 8 rings (SSSR count). The van der Waals surface area contributed by atoms with Crippen LogP contribution in [0.2, 0.25) is 0 Å². The first kappa shape index (κ1) is 35.4. The number of hydrogen-bond acceptors (Lipinski definition) is 6. The minimum absolute atomic E-state index is 0.141. The third-order valence-corrected chi connectivity index (χ3v) is 9.89. The molecule has 0 saturated carbocycles. The number of halogens is 8. The van der Waals surface area contributed by atoms with Crippen molar-refractivity contribution in [3.8, 4) is 22.3 Å². The SMILES string of the molecule is O=C(C[C@@H](Cc1cc(F)cc(F)c1)c1ncc(-c2cnc3c(c2)CC=N3)cc1-c1cnc2c(c1)C=CC2)Cn1nc(C(F)F)c2c1C(F)(F)CCC2(F)F. The van der Waals surface area contributed by atoms with Crippen LogP contribution in [0.4, 0.5) is 40.9 Å². The molecule has 0 spiro atoms. The molecule has 3 aliphatic rings. The van der Waals surface area contributed by atoms with Gasteiger partial charge in [-0.2, -0.15) is 13.9 Å². The number of rotatable bonds is 10. The van der Waals surface area contributed by atoms with Gasteiger partial charge in [-0.1, -0.05) is 12.2 Å². The Morgan fingerprint density at radius 3 is 2.31 bits per heavy atom. The van der Waals surface area contributed by atoms with Gasteiger partial charge in [0, 0.05) is 96.7 Å². The molecule has 0 amide bonds. The molecule has 7 nitrogen and oxygen atoms in total. The summed E-state index contributed by atoms with van der Waals surface area (Å²) < 4.78 is 117. The van der Waals surface area contributed by atoms with Gasteiger partial charge < -0.3 is 0 Å². The van der Waals surface area contributed by atoms with Crippen LogP contribution < -0.4 is 0 Å². The van der Waals surface area contributed by atoms with Crippen LogP contribution >= 0.6 is 0 Å². The molecule has 2 aliphatic carbocycles. The van der Waals surface area contributed by atoms with E-state index in [0.29, 0.717) is 47.0 Å². The standard InChI is InChI=1S/C39H28F8N6O/c40-27-9-20(10-28(41)15-27)8-23(13-29(54)19-53-35-32(34(52-53)36(42)43)38(44,45)5-6-39(35,46)47)33-30(26-11-21-2-1-3-31(21)49-18-26)14-25(16-50-33)24-12-22-4-7-48-37(22)51-17-24/h1-2,7,9-12,14-18,23,36H,3-6,8,13,19H2/t23-/m1/s1. The quantitative estimate of drug-likeness (QED) is 0.133. The van der Waals surface area contributed by atoms with E-state index in [4.69, 9.17) is 4.98 Å². The molecule has 0 fully saturated rings. The molecule has 1 atom stereocenters. The highest BCUT2D eigenvalue weighted by molar-refractivity contribution is 5.82. The smallest absolute Gasteiger partial charge is 0.290 e. The molecule has 276 valence electrons. The van der Waals surface area contributed by atoms with Crippen molar-refractivity contribution in [2.24, 2.45) is 4.99 Å². The number of carbonyl (C=O) groups excluding carboxylic acids is 1. The highest BCUT2D eigenvalue weighted by Crippen LogP contribution is 2.52. The molecule has 5 heterocycles. The molecular formula is C39H28F8N6O. The van der Waals surface area contributed by atoms with Crippen LogP contribution in [-0.2, 0) is 42.4 Å². The summed E-state index contributed by atoms with van der Waals surface area (Å²) in [5, 5.41) is 3.42. The minimum Gasteiger partial charge on any atom is -0.298 e. The molecule has 5 aromatic rings. The van der Waals surface area contributed by atoms with Crippen LogP contribution in [0.15, 0.2) is 66.1 Å². The summed E-state index contributed by atoms with van der Waals surface area (Å²) in [7, 11) is 0. The van der Waals surface area contributed by atoms with Gasteiger partial charge >= 0.3 is 0 Å². The zero-order valence-electron chi connectivity index (χ0n) is 28.1. The third-order valence-electron chi connectivity index (χ3n) is 9.89. The maximum Gasteiger partial charge on any atom is 0.290 e. The molecule has 15 heteroatoms. The van der Waals surface area contributed by atoms with Crippen molar-refractivity contribution in [2.75, 3.05) is 0 Å². The number of benzene rings is 1. The Labute approximate surface area is 302 Å². The second kappa shape index (κ2) is 13.4. The third kappa shape index (κ3) is 6.60. The number of nitrogens with zero attached hydrogens (tertiary/aromatic N) is 6. The monoisotopic (exact) mass is 748 g/mol. The molecule has 4 aromatic heterocycles. The summed E-state index contributed by atoms with van der Waals surface area (Å²) >= 11 is 0.